The standard InChI is InChI=1S/C43H80N2/c1-6-10-13-16-20-26-33-43(32-24-15-12-8-3)42(9-4)31-25-21-18-17-19-23-28-37-45(36-27-22-14-11-7-2)38-29-30-41-34-35-44-40(5)39-41/h34-35,41,43H,4,6-8,10-33,36-39H2,1-3,5H3/t41-,43?/m1/s1. The van der Waals surface area contributed by atoms with Gasteiger partial charge in [0, 0.05) is 11.9 Å². The van der Waals surface area contributed by atoms with Crippen LogP contribution in [-0.2, 0) is 0 Å². The molecule has 1 aliphatic rings. The lowest BCUT2D eigenvalue weighted by atomic mass is 9.85. The summed E-state index contributed by atoms with van der Waals surface area (Å²) in [5, 5.41) is 0. The van der Waals surface area contributed by atoms with Gasteiger partial charge >= 0.3 is 0 Å². The molecule has 0 saturated heterocycles. The van der Waals surface area contributed by atoms with E-state index in [2.05, 4.69) is 56.0 Å². The fourth-order valence-electron chi connectivity index (χ4n) is 7.29. The predicted octanol–water partition coefficient (Wildman–Crippen LogP) is 14.2. The monoisotopic (exact) mass is 625 g/mol. The zero-order valence-corrected chi connectivity index (χ0v) is 31.3. The Morgan fingerprint density at radius 3 is 1.69 bits per heavy atom. The summed E-state index contributed by atoms with van der Waals surface area (Å²) in [6, 6.07) is 0. The number of nitrogens with zero attached hydrogens (tertiary/aromatic N) is 2. The van der Waals surface area contributed by atoms with Gasteiger partial charge in [0.25, 0.3) is 0 Å². The van der Waals surface area contributed by atoms with E-state index in [4.69, 9.17) is 0 Å². The first-order valence-corrected chi connectivity index (χ1v) is 20.5. The van der Waals surface area contributed by atoms with Crippen LogP contribution in [0.3, 0.4) is 0 Å². The Balaban J connectivity index is 2.27. The molecule has 0 aromatic heterocycles. The molecule has 262 valence electrons. The average Bonchev–Trinajstić information content (AvgIpc) is 3.04. The minimum Gasteiger partial charge on any atom is -0.303 e. The molecule has 0 amide bonds. The lowest BCUT2D eigenvalue weighted by Gasteiger charge is -2.24. The molecule has 0 bridgehead atoms. The number of allylic oxidation sites excluding steroid dienone is 2. The maximum Gasteiger partial charge on any atom is 0.0230 e. The van der Waals surface area contributed by atoms with E-state index in [0.717, 1.165) is 12.3 Å². The normalized spacial score (nSPS) is 15.4. The lowest BCUT2D eigenvalue weighted by Crippen LogP contribution is -2.27. The fourth-order valence-corrected chi connectivity index (χ4v) is 7.29. The van der Waals surface area contributed by atoms with Crippen LogP contribution in [0.2, 0.25) is 0 Å². The van der Waals surface area contributed by atoms with Crippen molar-refractivity contribution in [2.24, 2.45) is 16.8 Å². The molecular formula is C43H80N2. The van der Waals surface area contributed by atoms with Gasteiger partial charge in [-0.2, -0.15) is 0 Å². The topological polar surface area (TPSA) is 15.6 Å². The Bertz CT molecular complexity index is 758. The number of hydrogen-bond acceptors (Lipinski definition) is 2. The van der Waals surface area contributed by atoms with Crippen LogP contribution in [-0.4, -0.2) is 30.2 Å². The van der Waals surface area contributed by atoms with Crippen LogP contribution in [0, 0.1) is 11.8 Å². The number of rotatable bonds is 33. The van der Waals surface area contributed by atoms with Gasteiger partial charge in [-0.15, -0.1) is 5.73 Å². The Kier molecular flexibility index (Phi) is 29.3. The molecule has 0 radical (unpaired) electrons. The summed E-state index contributed by atoms with van der Waals surface area (Å²) in [5.74, 6) is 1.46. The molecule has 0 spiro atoms. The summed E-state index contributed by atoms with van der Waals surface area (Å²) in [6.45, 7) is 17.2. The van der Waals surface area contributed by atoms with E-state index in [1.54, 1.807) is 5.57 Å². The average molecular weight is 625 g/mol. The van der Waals surface area contributed by atoms with Gasteiger partial charge in [-0.3, -0.25) is 4.99 Å². The van der Waals surface area contributed by atoms with Crippen molar-refractivity contribution in [3.05, 3.63) is 30.2 Å². The molecule has 0 aromatic carbocycles. The molecule has 0 aliphatic carbocycles. The van der Waals surface area contributed by atoms with Crippen LogP contribution < -0.4 is 0 Å². The van der Waals surface area contributed by atoms with Crippen LogP contribution in [0.4, 0.5) is 0 Å². The molecule has 1 unspecified atom stereocenters. The summed E-state index contributed by atoms with van der Waals surface area (Å²) < 4.78 is 0. The maximum atomic E-state index is 4.44. The first kappa shape index (κ1) is 41.9. The fraction of sp³-hybridized carbons (Fsp3) is 0.860. The first-order chi connectivity index (χ1) is 22.1. The molecule has 0 fully saturated rings. The van der Waals surface area contributed by atoms with Crippen LogP contribution in [0.5, 0.6) is 0 Å². The van der Waals surface area contributed by atoms with Gasteiger partial charge in [-0.05, 0) is 102 Å². The summed E-state index contributed by atoms with van der Waals surface area (Å²) in [4.78, 5) is 7.24. The third-order valence-electron chi connectivity index (χ3n) is 10.3. The molecule has 2 nitrogen and oxygen atoms in total. The zero-order valence-electron chi connectivity index (χ0n) is 31.3. The van der Waals surface area contributed by atoms with Crippen molar-refractivity contribution in [2.45, 2.75) is 207 Å². The van der Waals surface area contributed by atoms with Gasteiger partial charge in [-0.25, -0.2) is 0 Å². The van der Waals surface area contributed by atoms with E-state index >= 15 is 0 Å². The molecular weight excluding hydrogens is 544 g/mol. The highest BCUT2D eigenvalue weighted by Crippen LogP contribution is 2.29. The molecule has 1 heterocycles. The second-order valence-electron chi connectivity index (χ2n) is 14.6. The Morgan fingerprint density at radius 2 is 1.16 bits per heavy atom. The maximum absolute atomic E-state index is 4.44. The molecule has 0 N–H and O–H groups in total. The summed E-state index contributed by atoms with van der Waals surface area (Å²) >= 11 is 0. The van der Waals surface area contributed by atoms with E-state index in [1.165, 1.54) is 199 Å². The quantitative estimate of drug-likeness (QED) is 0.0524. The number of hydrogen-bond donors (Lipinski definition) is 0. The highest BCUT2D eigenvalue weighted by molar-refractivity contribution is 5.83. The van der Waals surface area contributed by atoms with Gasteiger partial charge in [0.1, 0.15) is 0 Å². The van der Waals surface area contributed by atoms with E-state index in [1.807, 2.05) is 6.20 Å². The van der Waals surface area contributed by atoms with Crippen molar-refractivity contribution in [3.63, 3.8) is 0 Å². The van der Waals surface area contributed by atoms with E-state index in [-0.39, 0.29) is 0 Å². The zero-order chi connectivity index (χ0) is 32.6. The van der Waals surface area contributed by atoms with E-state index in [0.29, 0.717) is 5.92 Å². The minimum absolute atomic E-state index is 0.712. The van der Waals surface area contributed by atoms with Gasteiger partial charge in [0.2, 0.25) is 0 Å². The summed E-state index contributed by atoms with van der Waals surface area (Å²) in [5.41, 5.74) is 6.32. The third kappa shape index (κ3) is 24.7. The molecule has 45 heavy (non-hydrogen) atoms. The summed E-state index contributed by atoms with van der Waals surface area (Å²) in [7, 11) is 0. The minimum atomic E-state index is 0.712. The van der Waals surface area contributed by atoms with E-state index in [9.17, 15) is 0 Å². The third-order valence-corrected chi connectivity index (χ3v) is 10.3. The van der Waals surface area contributed by atoms with Crippen molar-refractivity contribution >= 4 is 5.71 Å². The lowest BCUT2D eigenvalue weighted by molar-refractivity contribution is 0.251. The van der Waals surface area contributed by atoms with Crippen molar-refractivity contribution < 1.29 is 0 Å². The second kappa shape index (κ2) is 31.5. The Labute approximate surface area is 284 Å². The summed E-state index contributed by atoms with van der Waals surface area (Å²) in [6.07, 6.45) is 42.8. The molecule has 2 atom stereocenters. The number of aliphatic imine (C=N–C) groups is 1. The van der Waals surface area contributed by atoms with E-state index < -0.39 is 0 Å². The van der Waals surface area contributed by atoms with Crippen molar-refractivity contribution in [2.75, 3.05) is 19.6 Å². The number of unbranched alkanes of at least 4 members (excludes halogenated alkanes) is 18. The first-order valence-electron chi connectivity index (χ1n) is 20.5. The largest absolute Gasteiger partial charge is 0.303 e. The van der Waals surface area contributed by atoms with Gasteiger partial charge < -0.3 is 4.90 Å². The van der Waals surface area contributed by atoms with Crippen molar-refractivity contribution in [1.29, 1.82) is 0 Å². The Hall–Kier alpha value is -1.11. The van der Waals surface area contributed by atoms with Crippen LogP contribution >= 0.6 is 0 Å². The predicted molar refractivity (Wildman–Crippen MR) is 205 cm³/mol. The molecule has 1 aliphatic heterocycles. The van der Waals surface area contributed by atoms with Crippen molar-refractivity contribution in [3.8, 4) is 0 Å². The van der Waals surface area contributed by atoms with Crippen LogP contribution in [0.25, 0.3) is 0 Å². The Morgan fingerprint density at radius 1 is 0.689 bits per heavy atom. The van der Waals surface area contributed by atoms with Gasteiger partial charge in [-0.1, -0.05) is 155 Å². The van der Waals surface area contributed by atoms with Gasteiger partial charge in [0.15, 0.2) is 0 Å². The molecule has 1 rings (SSSR count). The van der Waals surface area contributed by atoms with Crippen molar-refractivity contribution in [1.82, 2.24) is 4.90 Å². The SMILES string of the molecule is C=C=C(CCCCCCCCCN(CCCCCCC)CCC[C@@H]1C=CN=C(C)C1)C(CCCCCC)CCCCCCCC. The molecule has 2 heteroatoms. The molecule has 0 aromatic rings. The van der Waals surface area contributed by atoms with Crippen LogP contribution in [0.15, 0.2) is 35.2 Å². The second-order valence-corrected chi connectivity index (χ2v) is 14.6. The highest BCUT2D eigenvalue weighted by Gasteiger charge is 2.14. The van der Waals surface area contributed by atoms with Gasteiger partial charge in [0.05, 0.1) is 0 Å². The highest BCUT2D eigenvalue weighted by atomic mass is 15.1. The molecule has 0 saturated carbocycles. The smallest absolute Gasteiger partial charge is 0.0230 e. The van der Waals surface area contributed by atoms with Crippen LogP contribution in [0.1, 0.15) is 207 Å².